The Hall–Kier alpha value is -2.14. The third-order valence-corrected chi connectivity index (χ3v) is 4.29. The standard InChI is InChI=1S/C17H17ClN2O3/c1-9-6-11(12(7-19-9)17(21)23-3)14-13(22-2)8-20-16(15(14)18)10-4-5-10/h6-8,10H,4-5H2,1-3H3. The fourth-order valence-electron chi connectivity index (χ4n) is 2.57. The largest absolute Gasteiger partial charge is 0.494 e. The molecular formula is C17H17ClN2O3. The van der Waals surface area contributed by atoms with Gasteiger partial charge in [-0.05, 0) is 25.8 Å². The van der Waals surface area contributed by atoms with Crippen LogP contribution in [0.3, 0.4) is 0 Å². The summed E-state index contributed by atoms with van der Waals surface area (Å²) in [6.07, 6.45) is 5.32. The Kier molecular flexibility index (Phi) is 4.22. The number of pyridine rings is 2. The van der Waals surface area contributed by atoms with Crippen LogP contribution in [-0.4, -0.2) is 30.2 Å². The molecule has 1 fully saturated rings. The first kappa shape index (κ1) is 15.7. The van der Waals surface area contributed by atoms with Gasteiger partial charge in [0.1, 0.15) is 5.75 Å². The molecule has 0 unspecified atom stereocenters. The number of rotatable bonds is 4. The molecule has 23 heavy (non-hydrogen) atoms. The van der Waals surface area contributed by atoms with Crippen molar-refractivity contribution in [2.75, 3.05) is 14.2 Å². The maximum atomic E-state index is 12.1. The predicted octanol–water partition coefficient (Wildman–Crippen LogP) is 3.78. The van der Waals surface area contributed by atoms with Crippen LogP contribution in [0.25, 0.3) is 11.1 Å². The minimum atomic E-state index is -0.463. The van der Waals surface area contributed by atoms with Crippen molar-refractivity contribution in [3.8, 4) is 16.9 Å². The second-order valence-corrected chi connectivity index (χ2v) is 5.92. The Morgan fingerprint density at radius 1 is 1.26 bits per heavy atom. The lowest BCUT2D eigenvalue weighted by molar-refractivity contribution is 0.0601. The first-order valence-corrected chi connectivity index (χ1v) is 7.72. The summed E-state index contributed by atoms with van der Waals surface area (Å²) >= 11 is 6.62. The normalized spacial score (nSPS) is 13.7. The maximum Gasteiger partial charge on any atom is 0.340 e. The van der Waals surface area contributed by atoms with Crippen LogP contribution < -0.4 is 4.74 Å². The SMILES string of the molecule is COC(=O)c1cnc(C)cc1-c1c(OC)cnc(C2CC2)c1Cl. The zero-order valence-electron chi connectivity index (χ0n) is 13.2. The van der Waals surface area contributed by atoms with Crippen molar-refractivity contribution in [1.82, 2.24) is 9.97 Å². The topological polar surface area (TPSA) is 61.3 Å². The van der Waals surface area contributed by atoms with Gasteiger partial charge in [0, 0.05) is 28.9 Å². The van der Waals surface area contributed by atoms with Crippen LogP contribution in [0.4, 0.5) is 0 Å². The smallest absolute Gasteiger partial charge is 0.340 e. The van der Waals surface area contributed by atoms with Crippen molar-refractivity contribution in [3.63, 3.8) is 0 Å². The number of halogens is 1. The molecule has 0 aliphatic heterocycles. The number of methoxy groups -OCH3 is 2. The van der Waals surface area contributed by atoms with Crippen LogP contribution in [-0.2, 0) is 4.74 Å². The van der Waals surface area contributed by atoms with Gasteiger partial charge in [-0.15, -0.1) is 0 Å². The summed E-state index contributed by atoms with van der Waals surface area (Å²) in [4.78, 5) is 20.7. The number of hydrogen-bond donors (Lipinski definition) is 0. The summed E-state index contributed by atoms with van der Waals surface area (Å²) < 4.78 is 10.3. The average molecular weight is 333 g/mol. The number of ether oxygens (including phenoxy) is 2. The second-order valence-electron chi connectivity index (χ2n) is 5.54. The fourth-order valence-corrected chi connectivity index (χ4v) is 2.97. The van der Waals surface area contributed by atoms with Crippen LogP contribution in [0.15, 0.2) is 18.5 Å². The van der Waals surface area contributed by atoms with Crippen LogP contribution in [0.5, 0.6) is 5.75 Å². The summed E-state index contributed by atoms with van der Waals surface area (Å²) in [5, 5.41) is 0.530. The highest BCUT2D eigenvalue weighted by Gasteiger charge is 2.31. The van der Waals surface area contributed by atoms with Gasteiger partial charge in [0.2, 0.25) is 0 Å². The van der Waals surface area contributed by atoms with Gasteiger partial charge in [0.25, 0.3) is 0 Å². The molecule has 1 saturated carbocycles. The van der Waals surface area contributed by atoms with Crippen molar-refractivity contribution in [3.05, 3.63) is 40.4 Å². The van der Waals surface area contributed by atoms with Crippen molar-refractivity contribution in [2.45, 2.75) is 25.7 Å². The Morgan fingerprint density at radius 2 is 2.00 bits per heavy atom. The van der Waals surface area contributed by atoms with Gasteiger partial charge < -0.3 is 9.47 Å². The van der Waals surface area contributed by atoms with E-state index in [4.69, 9.17) is 21.1 Å². The van der Waals surface area contributed by atoms with E-state index >= 15 is 0 Å². The molecule has 0 N–H and O–H groups in total. The third-order valence-electron chi connectivity index (χ3n) is 3.91. The predicted molar refractivity (Wildman–Crippen MR) is 87.1 cm³/mol. The number of carbonyl (C=O) groups excluding carboxylic acids is 1. The van der Waals surface area contributed by atoms with Gasteiger partial charge in [0.15, 0.2) is 0 Å². The van der Waals surface area contributed by atoms with E-state index in [2.05, 4.69) is 9.97 Å². The Balaban J connectivity index is 2.27. The summed E-state index contributed by atoms with van der Waals surface area (Å²) in [5.41, 5.74) is 3.29. The molecule has 0 atom stereocenters. The highest BCUT2D eigenvalue weighted by atomic mass is 35.5. The monoisotopic (exact) mass is 332 g/mol. The highest BCUT2D eigenvalue weighted by molar-refractivity contribution is 6.34. The van der Waals surface area contributed by atoms with Gasteiger partial charge in [-0.25, -0.2) is 4.79 Å². The van der Waals surface area contributed by atoms with Crippen LogP contribution in [0, 0.1) is 6.92 Å². The number of esters is 1. The Labute approximate surface area is 139 Å². The summed E-state index contributed by atoms with van der Waals surface area (Å²) in [7, 11) is 2.90. The quantitative estimate of drug-likeness (QED) is 0.797. The van der Waals surface area contributed by atoms with Gasteiger partial charge in [0.05, 0.1) is 36.7 Å². The van der Waals surface area contributed by atoms with Crippen molar-refractivity contribution in [2.24, 2.45) is 0 Å². The van der Waals surface area contributed by atoms with Gasteiger partial charge in [-0.3, -0.25) is 9.97 Å². The van der Waals surface area contributed by atoms with Gasteiger partial charge in [-0.2, -0.15) is 0 Å². The van der Waals surface area contributed by atoms with E-state index in [1.165, 1.54) is 13.3 Å². The molecule has 3 rings (SSSR count). The van der Waals surface area contributed by atoms with E-state index in [0.717, 1.165) is 24.2 Å². The zero-order chi connectivity index (χ0) is 16.6. The molecule has 2 aromatic heterocycles. The summed E-state index contributed by atoms with van der Waals surface area (Å²) in [5.74, 6) is 0.447. The Morgan fingerprint density at radius 3 is 2.61 bits per heavy atom. The van der Waals surface area contributed by atoms with Crippen molar-refractivity contribution in [1.29, 1.82) is 0 Å². The lowest BCUT2D eigenvalue weighted by atomic mass is 9.99. The van der Waals surface area contributed by atoms with E-state index in [1.54, 1.807) is 13.3 Å². The number of aryl methyl sites for hydroxylation is 1. The molecule has 5 nitrogen and oxygen atoms in total. The number of carbonyl (C=O) groups is 1. The molecule has 2 heterocycles. The molecular weight excluding hydrogens is 316 g/mol. The van der Waals surface area contributed by atoms with Gasteiger partial charge in [-0.1, -0.05) is 11.6 Å². The lowest BCUT2D eigenvalue weighted by Gasteiger charge is -2.16. The molecule has 6 heteroatoms. The minimum Gasteiger partial charge on any atom is -0.494 e. The molecule has 0 bridgehead atoms. The molecule has 0 radical (unpaired) electrons. The van der Waals surface area contributed by atoms with E-state index in [-0.39, 0.29) is 0 Å². The van der Waals surface area contributed by atoms with E-state index < -0.39 is 5.97 Å². The third kappa shape index (κ3) is 2.88. The lowest BCUT2D eigenvalue weighted by Crippen LogP contribution is -2.06. The molecule has 120 valence electrons. The maximum absolute atomic E-state index is 12.1. The van der Waals surface area contributed by atoms with Crippen molar-refractivity contribution < 1.29 is 14.3 Å². The summed E-state index contributed by atoms with van der Waals surface area (Å²) in [6, 6.07) is 1.81. The van der Waals surface area contributed by atoms with E-state index in [1.807, 2.05) is 13.0 Å². The van der Waals surface area contributed by atoms with Crippen LogP contribution in [0.2, 0.25) is 5.02 Å². The second kappa shape index (κ2) is 6.16. The molecule has 1 aliphatic carbocycles. The van der Waals surface area contributed by atoms with Crippen LogP contribution in [0.1, 0.15) is 40.5 Å². The van der Waals surface area contributed by atoms with Gasteiger partial charge >= 0.3 is 5.97 Å². The molecule has 0 spiro atoms. The first-order valence-electron chi connectivity index (χ1n) is 7.34. The zero-order valence-corrected chi connectivity index (χ0v) is 14.0. The number of aromatic nitrogens is 2. The summed E-state index contributed by atoms with van der Waals surface area (Å²) in [6.45, 7) is 1.86. The molecule has 0 amide bonds. The molecule has 2 aromatic rings. The fraction of sp³-hybridized carbons (Fsp3) is 0.353. The highest BCUT2D eigenvalue weighted by Crippen LogP contribution is 2.47. The van der Waals surface area contributed by atoms with Crippen LogP contribution >= 0.6 is 11.6 Å². The van der Waals surface area contributed by atoms with E-state index in [9.17, 15) is 4.79 Å². The minimum absolute atomic E-state index is 0.353. The first-order chi connectivity index (χ1) is 11.1. The number of hydrogen-bond acceptors (Lipinski definition) is 5. The van der Waals surface area contributed by atoms with Crippen molar-refractivity contribution >= 4 is 17.6 Å². The molecule has 0 saturated heterocycles. The molecule has 1 aliphatic rings. The average Bonchev–Trinajstić information content (AvgIpc) is 3.38. The Bertz CT molecular complexity index is 773. The molecule has 0 aromatic carbocycles. The number of nitrogens with zero attached hydrogens (tertiary/aromatic N) is 2. The van der Waals surface area contributed by atoms with E-state index in [0.29, 0.717) is 33.4 Å².